The zero-order chi connectivity index (χ0) is 33.3. The number of aromatic nitrogens is 1. The van der Waals surface area contributed by atoms with E-state index in [2.05, 4.69) is 21.7 Å². The lowest BCUT2D eigenvalue weighted by Gasteiger charge is -2.41. The molecule has 246 valence electrons. The van der Waals surface area contributed by atoms with Crippen molar-refractivity contribution in [3.8, 4) is 0 Å². The van der Waals surface area contributed by atoms with E-state index in [-0.39, 0.29) is 29.6 Å². The van der Waals surface area contributed by atoms with E-state index in [1.807, 2.05) is 60.5 Å². The zero-order valence-corrected chi connectivity index (χ0v) is 27.7. The molecule has 0 radical (unpaired) electrons. The first-order valence-electron chi connectivity index (χ1n) is 16.1. The number of carbonyl (C=O) groups is 4. The minimum Gasteiger partial charge on any atom is -0.466 e. The number of ether oxygens (including phenoxy) is 2. The van der Waals surface area contributed by atoms with Gasteiger partial charge in [-0.25, -0.2) is 4.79 Å². The normalized spacial score (nSPS) is 18.1. The molecule has 2 aromatic carbocycles. The van der Waals surface area contributed by atoms with Crippen LogP contribution in [0.25, 0.3) is 10.9 Å². The van der Waals surface area contributed by atoms with Gasteiger partial charge in [0.1, 0.15) is 11.1 Å². The second-order valence-corrected chi connectivity index (χ2v) is 14.0. The number of nitrogens with zero attached hydrogens (tertiary/aromatic N) is 1. The Balaban J connectivity index is 1.32. The molecule has 2 aliphatic rings. The first-order valence-corrected chi connectivity index (χ1v) is 16.1. The Hall–Kier alpha value is -4.34. The second kappa shape index (κ2) is 12.8. The Morgan fingerprint density at radius 2 is 1.67 bits per heavy atom. The van der Waals surface area contributed by atoms with Crippen molar-refractivity contribution in [3.05, 3.63) is 71.4 Å². The first kappa shape index (κ1) is 33.0. The molecule has 10 nitrogen and oxygen atoms in total. The molecule has 10 heteroatoms. The summed E-state index contributed by atoms with van der Waals surface area (Å²) in [6.07, 6.45) is 3.33. The number of nitrogens with one attached hydrogen (secondary N) is 3. The van der Waals surface area contributed by atoms with Crippen LogP contribution in [0.15, 0.2) is 54.7 Å². The van der Waals surface area contributed by atoms with Gasteiger partial charge in [0.2, 0.25) is 11.8 Å². The zero-order valence-electron chi connectivity index (χ0n) is 27.7. The molecule has 2 atom stereocenters. The van der Waals surface area contributed by atoms with Crippen LogP contribution < -0.4 is 10.6 Å². The van der Waals surface area contributed by atoms with Gasteiger partial charge in [0.15, 0.2) is 0 Å². The third-order valence-corrected chi connectivity index (χ3v) is 9.21. The maximum absolute atomic E-state index is 13.9. The fourth-order valence-corrected chi connectivity index (χ4v) is 6.88. The lowest BCUT2D eigenvalue weighted by atomic mass is 9.73. The van der Waals surface area contributed by atoms with Crippen LogP contribution in [0.2, 0.25) is 0 Å². The number of hydrogen-bond acceptors (Lipinski definition) is 6. The van der Waals surface area contributed by atoms with Crippen molar-refractivity contribution in [2.24, 2.45) is 0 Å². The van der Waals surface area contributed by atoms with Crippen LogP contribution in [0.5, 0.6) is 0 Å². The molecule has 1 spiro atoms. The number of esters is 1. The molecule has 5 rings (SSSR count). The second-order valence-electron chi connectivity index (χ2n) is 14.0. The molecule has 1 unspecified atom stereocenters. The number of alkyl carbamates (subject to hydrolysis) is 1. The highest BCUT2D eigenvalue weighted by molar-refractivity contribution is 5.91. The van der Waals surface area contributed by atoms with E-state index in [0.717, 1.165) is 34.9 Å². The van der Waals surface area contributed by atoms with Crippen LogP contribution in [-0.2, 0) is 29.3 Å². The Bertz CT molecular complexity index is 1610. The van der Waals surface area contributed by atoms with E-state index in [4.69, 9.17) is 9.47 Å². The maximum Gasteiger partial charge on any atom is 0.408 e. The molecule has 1 aliphatic heterocycles. The van der Waals surface area contributed by atoms with Crippen molar-refractivity contribution in [3.63, 3.8) is 0 Å². The van der Waals surface area contributed by atoms with Crippen LogP contribution in [0.1, 0.15) is 95.9 Å². The predicted octanol–water partition coefficient (Wildman–Crippen LogP) is 5.63. The van der Waals surface area contributed by atoms with Gasteiger partial charge >= 0.3 is 12.1 Å². The van der Waals surface area contributed by atoms with E-state index >= 15 is 0 Å². The first-order chi connectivity index (χ1) is 21.7. The van der Waals surface area contributed by atoms with E-state index in [1.165, 1.54) is 5.56 Å². The molecular weight excluding hydrogens is 584 g/mol. The number of para-hydroxylation sites is 1. The van der Waals surface area contributed by atoms with Crippen molar-refractivity contribution in [2.45, 2.75) is 95.7 Å². The molecule has 1 fully saturated rings. The smallest absolute Gasteiger partial charge is 0.408 e. The molecule has 0 bridgehead atoms. The highest BCUT2D eigenvalue weighted by Gasteiger charge is 2.48. The van der Waals surface area contributed by atoms with Crippen molar-refractivity contribution in [1.29, 1.82) is 0 Å². The summed E-state index contributed by atoms with van der Waals surface area (Å²) in [6.45, 7) is 11.7. The number of carbonyl (C=O) groups excluding carboxylic acids is 4. The van der Waals surface area contributed by atoms with Gasteiger partial charge < -0.3 is 30.0 Å². The number of piperidine rings is 1. The van der Waals surface area contributed by atoms with Gasteiger partial charge in [-0.05, 0) is 78.0 Å². The summed E-state index contributed by atoms with van der Waals surface area (Å²) >= 11 is 0. The molecular formula is C36H46N4O6. The third kappa shape index (κ3) is 6.90. The molecule has 1 saturated heterocycles. The Morgan fingerprint density at radius 3 is 2.37 bits per heavy atom. The minimum absolute atomic E-state index is 0.0468. The molecule has 1 aromatic heterocycles. The Kier molecular flexibility index (Phi) is 9.20. The highest BCUT2D eigenvalue weighted by Crippen LogP contribution is 2.52. The fraction of sp³-hybridized carbons (Fsp3) is 0.500. The average molecular weight is 631 g/mol. The van der Waals surface area contributed by atoms with Gasteiger partial charge in [0, 0.05) is 41.2 Å². The van der Waals surface area contributed by atoms with E-state index < -0.39 is 29.2 Å². The lowest BCUT2D eigenvalue weighted by molar-refractivity contribution is -0.145. The van der Waals surface area contributed by atoms with Gasteiger partial charge in [-0.1, -0.05) is 42.5 Å². The summed E-state index contributed by atoms with van der Waals surface area (Å²) in [5.74, 6) is -0.993. The van der Waals surface area contributed by atoms with Crippen molar-refractivity contribution in [2.75, 3.05) is 19.7 Å². The largest absolute Gasteiger partial charge is 0.466 e. The third-order valence-electron chi connectivity index (χ3n) is 9.21. The lowest BCUT2D eigenvalue weighted by Crippen LogP contribution is -2.56. The van der Waals surface area contributed by atoms with E-state index in [9.17, 15) is 19.2 Å². The number of rotatable bonds is 8. The molecule has 1 aliphatic carbocycles. The van der Waals surface area contributed by atoms with Gasteiger partial charge in [0.05, 0.1) is 25.0 Å². The van der Waals surface area contributed by atoms with Gasteiger partial charge in [-0.3, -0.25) is 14.4 Å². The molecule has 3 aromatic rings. The fourth-order valence-electron chi connectivity index (χ4n) is 6.88. The van der Waals surface area contributed by atoms with E-state index in [0.29, 0.717) is 26.1 Å². The summed E-state index contributed by atoms with van der Waals surface area (Å²) in [4.78, 5) is 58.0. The number of H-pyrrole nitrogens is 1. The summed E-state index contributed by atoms with van der Waals surface area (Å²) in [5, 5.41) is 6.62. The van der Waals surface area contributed by atoms with Crippen molar-refractivity contribution >= 4 is 34.8 Å². The molecule has 3 amide bonds. The summed E-state index contributed by atoms with van der Waals surface area (Å²) < 4.78 is 10.8. The van der Waals surface area contributed by atoms with Gasteiger partial charge in [0.25, 0.3) is 0 Å². The molecule has 0 saturated carbocycles. The topological polar surface area (TPSA) is 130 Å². The summed E-state index contributed by atoms with van der Waals surface area (Å²) in [6, 6.07) is 15.2. The Labute approximate surface area is 270 Å². The van der Waals surface area contributed by atoms with E-state index in [1.54, 1.807) is 34.6 Å². The van der Waals surface area contributed by atoms with Crippen molar-refractivity contribution < 1.29 is 28.7 Å². The molecule has 2 heterocycles. The monoisotopic (exact) mass is 630 g/mol. The standard InChI is InChI=1S/C36H46N4O6/c1-7-45-31(42)25-21-36(27-14-10-8-12-23(25)27)16-18-40(19-17-36)30(41)20-29(26-22-37-28-15-11-9-13-24(26)28)38-32(43)35(5,6)39-33(44)46-34(2,3)4/h8-15,22,25,29,37H,7,16-21H2,1-6H3,(H,38,43)(H,39,44)/t25-,29?/m1/s1. The maximum atomic E-state index is 13.9. The number of amides is 3. The summed E-state index contributed by atoms with van der Waals surface area (Å²) in [7, 11) is 0. The number of aromatic amines is 1. The number of fused-ring (bicyclic) bond motifs is 3. The predicted molar refractivity (Wildman–Crippen MR) is 175 cm³/mol. The van der Waals surface area contributed by atoms with Gasteiger partial charge in [-0.15, -0.1) is 0 Å². The highest BCUT2D eigenvalue weighted by atomic mass is 16.6. The Morgan fingerprint density at radius 1 is 1.00 bits per heavy atom. The quantitative estimate of drug-likeness (QED) is 0.277. The summed E-state index contributed by atoms with van der Waals surface area (Å²) in [5.41, 5.74) is 1.69. The number of likely N-dealkylation sites (tertiary alicyclic amines) is 1. The van der Waals surface area contributed by atoms with Crippen LogP contribution in [0.3, 0.4) is 0 Å². The number of hydrogen-bond donors (Lipinski definition) is 3. The van der Waals surface area contributed by atoms with Gasteiger partial charge in [-0.2, -0.15) is 0 Å². The van der Waals surface area contributed by atoms with Crippen molar-refractivity contribution in [1.82, 2.24) is 20.5 Å². The van der Waals surface area contributed by atoms with Crippen LogP contribution in [0, 0.1) is 0 Å². The molecule has 3 N–H and O–H groups in total. The van der Waals surface area contributed by atoms with Crippen LogP contribution in [0.4, 0.5) is 4.79 Å². The van der Waals surface area contributed by atoms with Crippen LogP contribution >= 0.6 is 0 Å². The minimum atomic E-state index is -1.31. The SMILES string of the molecule is CCOC(=O)[C@@H]1CC2(CCN(C(=O)CC(NC(=O)C(C)(C)NC(=O)OC(C)(C)C)c3c[nH]c4ccccc34)CC2)c2ccccc21. The van der Waals surface area contributed by atoms with Crippen LogP contribution in [-0.4, -0.2) is 64.6 Å². The molecule has 46 heavy (non-hydrogen) atoms. The average Bonchev–Trinajstić information content (AvgIpc) is 3.56. The number of benzene rings is 2.